The molecule has 0 radical (unpaired) electrons. The van der Waals surface area contributed by atoms with Gasteiger partial charge in [0.25, 0.3) is 0 Å². The Morgan fingerprint density at radius 1 is 1.43 bits per heavy atom. The SMILES string of the molecule is Cn1c(CN)nnc1SCC(=O)Nc1cc(F)ccc1F. The third-order valence-electron chi connectivity index (χ3n) is 2.64. The number of rotatable bonds is 5. The first kappa shape index (κ1) is 15.4. The van der Waals surface area contributed by atoms with Crippen molar-refractivity contribution in [1.29, 1.82) is 0 Å². The monoisotopic (exact) mass is 313 g/mol. The minimum absolute atomic E-state index is 0.00744. The van der Waals surface area contributed by atoms with E-state index in [9.17, 15) is 13.6 Å². The molecule has 21 heavy (non-hydrogen) atoms. The molecule has 3 N–H and O–H groups in total. The highest BCUT2D eigenvalue weighted by Gasteiger charge is 2.12. The predicted octanol–water partition coefficient (Wildman–Crippen LogP) is 1.28. The number of aromatic nitrogens is 3. The van der Waals surface area contributed by atoms with Gasteiger partial charge in [0.15, 0.2) is 5.16 Å². The molecule has 1 aromatic carbocycles. The molecule has 0 unspecified atom stereocenters. The minimum Gasteiger partial charge on any atom is -0.324 e. The zero-order valence-corrected chi connectivity index (χ0v) is 12.0. The van der Waals surface area contributed by atoms with Crippen molar-refractivity contribution in [3.05, 3.63) is 35.7 Å². The van der Waals surface area contributed by atoms with Gasteiger partial charge >= 0.3 is 0 Å². The number of thioether (sulfide) groups is 1. The zero-order chi connectivity index (χ0) is 15.4. The highest BCUT2D eigenvalue weighted by Crippen LogP contribution is 2.18. The smallest absolute Gasteiger partial charge is 0.234 e. The summed E-state index contributed by atoms with van der Waals surface area (Å²) < 4.78 is 28.0. The second kappa shape index (κ2) is 6.64. The van der Waals surface area contributed by atoms with Gasteiger partial charge in [-0.1, -0.05) is 11.8 Å². The Morgan fingerprint density at radius 3 is 2.86 bits per heavy atom. The van der Waals surface area contributed by atoms with Crippen molar-refractivity contribution >= 4 is 23.4 Å². The second-order valence-corrected chi connectivity index (χ2v) is 5.07. The van der Waals surface area contributed by atoms with Crippen LogP contribution in [0.15, 0.2) is 23.4 Å². The van der Waals surface area contributed by atoms with E-state index < -0.39 is 17.5 Å². The fourth-order valence-electron chi connectivity index (χ4n) is 1.56. The van der Waals surface area contributed by atoms with E-state index in [0.29, 0.717) is 11.0 Å². The maximum Gasteiger partial charge on any atom is 0.234 e. The molecule has 0 aliphatic carbocycles. The van der Waals surface area contributed by atoms with Crippen molar-refractivity contribution in [3.8, 4) is 0 Å². The second-order valence-electron chi connectivity index (χ2n) is 4.12. The molecule has 0 bridgehead atoms. The van der Waals surface area contributed by atoms with Gasteiger partial charge < -0.3 is 15.6 Å². The molecule has 1 heterocycles. The fraction of sp³-hybridized carbons (Fsp3) is 0.250. The van der Waals surface area contributed by atoms with Crippen molar-refractivity contribution < 1.29 is 13.6 Å². The number of nitrogens with one attached hydrogen (secondary N) is 1. The molecule has 0 saturated carbocycles. The molecule has 112 valence electrons. The Kier molecular flexibility index (Phi) is 4.86. The Labute approximate surface area is 123 Å². The maximum atomic E-state index is 13.4. The maximum absolute atomic E-state index is 13.4. The van der Waals surface area contributed by atoms with Gasteiger partial charge in [0, 0.05) is 13.1 Å². The zero-order valence-electron chi connectivity index (χ0n) is 11.1. The van der Waals surface area contributed by atoms with Crippen LogP contribution in [-0.2, 0) is 18.4 Å². The number of benzene rings is 1. The van der Waals surface area contributed by atoms with Crippen LogP contribution >= 0.6 is 11.8 Å². The van der Waals surface area contributed by atoms with E-state index in [1.807, 2.05) is 0 Å². The molecule has 1 amide bonds. The normalized spacial score (nSPS) is 10.7. The minimum atomic E-state index is -0.696. The van der Waals surface area contributed by atoms with Crippen LogP contribution in [0.2, 0.25) is 0 Å². The molecule has 0 spiro atoms. The molecule has 0 saturated heterocycles. The van der Waals surface area contributed by atoms with Crippen LogP contribution in [0.4, 0.5) is 14.5 Å². The van der Waals surface area contributed by atoms with Crippen molar-refractivity contribution in [3.63, 3.8) is 0 Å². The third-order valence-corrected chi connectivity index (χ3v) is 3.66. The quantitative estimate of drug-likeness (QED) is 0.812. The predicted molar refractivity (Wildman–Crippen MR) is 74.6 cm³/mol. The highest BCUT2D eigenvalue weighted by molar-refractivity contribution is 7.99. The van der Waals surface area contributed by atoms with Crippen molar-refractivity contribution in [2.24, 2.45) is 12.8 Å². The summed E-state index contributed by atoms with van der Waals surface area (Å²) in [7, 11) is 1.73. The van der Waals surface area contributed by atoms with Crippen molar-refractivity contribution in [1.82, 2.24) is 14.8 Å². The summed E-state index contributed by atoms with van der Waals surface area (Å²) in [5.74, 6) is -1.21. The Morgan fingerprint density at radius 2 is 2.19 bits per heavy atom. The third kappa shape index (κ3) is 3.76. The number of anilines is 1. The molecule has 1 aromatic heterocycles. The number of carbonyl (C=O) groups is 1. The lowest BCUT2D eigenvalue weighted by molar-refractivity contribution is -0.113. The number of halogens is 2. The summed E-state index contributed by atoms with van der Waals surface area (Å²) in [6.07, 6.45) is 0. The van der Waals surface area contributed by atoms with Crippen LogP contribution in [0.25, 0.3) is 0 Å². The summed E-state index contributed by atoms with van der Waals surface area (Å²) in [4.78, 5) is 11.7. The first-order valence-corrected chi connectivity index (χ1v) is 6.96. The van der Waals surface area contributed by atoms with Gasteiger partial charge in [0.05, 0.1) is 18.0 Å². The van der Waals surface area contributed by atoms with Crippen molar-refractivity contribution in [2.75, 3.05) is 11.1 Å². The lowest BCUT2D eigenvalue weighted by Crippen LogP contribution is -2.15. The number of hydrogen-bond donors (Lipinski definition) is 2. The molecule has 6 nitrogen and oxygen atoms in total. The molecule has 9 heteroatoms. The van der Waals surface area contributed by atoms with E-state index in [2.05, 4.69) is 15.5 Å². The summed E-state index contributed by atoms with van der Waals surface area (Å²) in [6.45, 7) is 0.241. The van der Waals surface area contributed by atoms with Gasteiger partial charge in [-0.05, 0) is 12.1 Å². The summed E-state index contributed by atoms with van der Waals surface area (Å²) in [5.41, 5.74) is 5.27. The van der Waals surface area contributed by atoms with Gasteiger partial charge in [-0.15, -0.1) is 10.2 Å². The van der Waals surface area contributed by atoms with Crippen LogP contribution in [0.3, 0.4) is 0 Å². The average Bonchev–Trinajstić information content (AvgIpc) is 2.81. The van der Waals surface area contributed by atoms with E-state index in [0.717, 1.165) is 30.0 Å². The van der Waals surface area contributed by atoms with Crippen LogP contribution in [-0.4, -0.2) is 26.4 Å². The van der Waals surface area contributed by atoms with E-state index in [4.69, 9.17) is 5.73 Å². The largest absolute Gasteiger partial charge is 0.324 e. The molecular formula is C12H13F2N5OS. The number of hydrogen-bond acceptors (Lipinski definition) is 5. The van der Waals surface area contributed by atoms with Crippen LogP contribution < -0.4 is 11.1 Å². The fourth-order valence-corrected chi connectivity index (χ4v) is 2.29. The molecule has 2 aromatic rings. The number of nitrogens with zero attached hydrogens (tertiary/aromatic N) is 3. The number of nitrogens with two attached hydrogens (primary N) is 1. The average molecular weight is 313 g/mol. The lowest BCUT2D eigenvalue weighted by Gasteiger charge is -2.06. The Balaban J connectivity index is 1.96. The lowest BCUT2D eigenvalue weighted by atomic mass is 10.3. The molecular weight excluding hydrogens is 300 g/mol. The topological polar surface area (TPSA) is 85.8 Å². The standard InChI is InChI=1S/C12H13F2N5OS/c1-19-10(5-15)17-18-12(19)21-6-11(20)16-9-4-7(13)2-3-8(9)14/h2-4H,5-6,15H2,1H3,(H,16,20). The van der Waals surface area contributed by atoms with E-state index in [-0.39, 0.29) is 18.0 Å². The molecule has 0 aliphatic rings. The van der Waals surface area contributed by atoms with E-state index in [1.54, 1.807) is 11.6 Å². The Bertz CT molecular complexity index is 661. The van der Waals surface area contributed by atoms with Gasteiger partial charge in [0.2, 0.25) is 5.91 Å². The first-order valence-electron chi connectivity index (χ1n) is 5.97. The van der Waals surface area contributed by atoms with Gasteiger partial charge in [-0.3, -0.25) is 4.79 Å². The van der Waals surface area contributed by atoms with Crippen LogP contribution in [0.5, 0.6) is 0 Å². The first-order chi connectivity index (χ1) is 10.0. The molecule has 0 aliphatic heterocycles. The van der Waals surface area contributed by atoms with Crippen LogP contribution in [0.1, 0.15) is 5.82 Å². The summed E-state index contributed by atoms with van der Waals surface area (Å²) >= 11 is 1.13. The Hall–Kier alpha value is -2.00. The molecule has 2 rings (SSSR count). The number of carbonyl (C=O) groups excluding carboxylic acids is 1. The molecule has 0 atom stereocenters. The van der Waals surface area contributed by atoms with Gasteiger partial charge in [0.1, 0.15) is 17.5 Å². The highest BCUT2D eigenvalue weighted by atomic mass is 32.2. The number of amides is 1. The van der Waals surface area contributed by atoms with E-state index >= 15 is 0 Å². The van der Waals surface area contributed by atoms with Gasteiger partial charge in [-0.25, -0.2) is 8.78 Å². The van der Waals surface area contributed by atoms with Gasteiger partial charge in [-0.2, -0.15) is 0 Å². The van der Waals surface area contributed by atoms with Crippen LogP contribution in [0, 0.1) is 11.6 Å². The van der Waals surface area contributed by atoms with E-state index in [1.165, 1.54) is 0 Å². The molecule has 0 fully saturated rings. The van der Waals surface area contributed by atoms with Crippen molar-refractivity contribution in [2.45, 2.75) is 11.7 Å². The summed E-state index contributed by atoms with van der Waals surface area (Å²) in [5, 5.41) is 10.6. The summed E-state index contributed by atoms with van der Waals surface area (Å²) in [6, 6.07) is 2.86.